The molecule has 0 saturated carbocycles. The molecule has 1 atom stereocenters. The summed E-state index contributed by atoms with van der Waals surface area (Å²) in [5.41, 5.74) is 0.489. The van der Waals surface area contributed by atoms with Crippen molar-refractivity contribution in [2.75, 3.05) is 24.5 Å². The Morgan fingerprint density at radius 2 is 2.21 bits per heavy atom. The summed E-state index contributed by atoms with van der Waals surface area (Å²) < 4.78 is 1.24. The Hall–Kier alpha value is -2.45. The van der Waals surface area contributed by atoms with Crippen molar-refractivity contribution < 1.29 is 4.79 Å². The fourth-order valence-electron chi connectivity index (χ4n) is 3.53. The van der Waals surface area contributed by atoms with E-state index in [1.807, 2.05) is 24.3 Å². The zero-order valence-electron chi connectivity index (χ0n) is 16.1. The highest BCUT2D eigenvalue weighted by molar-refractivity contribution is 7.20. The van der Waals surface area contributed by atoms with Gasteiger partial charge in [0.25, 0.3) is 11.5 Å². The summed E-state index contributed by atoms with van der Waals surface area (Å²) in [6.45, 7) is 4.44. The Labute approximate surface area is 177 Å². The molecule has 1 N–H and O–H groups in total. The molecule has 1 amide bonds. The Morgan fingerprint density at radius 3 is 3.00 bits per heavy atom. The molecule has 0 unspecified atom stereocenters. The zero-order chi connectivity index (χ0) is 20.4. The molecule has 1 saturated heterocycles. The quantitative estimate of drug-likeness (QED) is 0.671. The highest BCUT2D eigenvalue weighted by Gasteiger charge is 2.22. The van der Waals surface area contributed by atoms with E-state index in [1.165, 1.54) is 28.5 Å². The van der Waals surface area contributed by atoms with Gasteiger partial charge in [-0.05, 0) is 36.8 Å². The minimum absolute atomic E-state index is 0.00878. The highest BCUT2D eigenvalue weighted by Crippen LogP contribution is 2.26. The maximum atomic E-state index is 12.8. The van der Waals surface area contributed by atoms with Crippen molar-refractivity contribution in [3.8, 4) is 0 Å². The maximum absolute atomic E-state index is 12.8. The van der Waals surface area contributed by atoms with Crippen LogP contribution in [0.3, 0.4) is 0 Å². The second kappa shape index (κ2) is 8.51. The zero-order valence-corrected chi connectivity index (χ0v) is 17.7. The number of fused-ring (bicyclic) bond motifs is 1. The average molecular weight is 432 g/mol. The molecule has 1 aromatic carbocycles. The SMILES string of the molecule is C[C@@H]1CCCN(c2nn3c(=O)c(C(=O)NCCc4ccccc4Cl)cnc3s2)C1. The Balaban J connectivity index is 1.49. The lowest BCUT2D eigenvalue weighted by molar-refractivity contribution is 0.0952. The van der Waals surface area contributed by atoms with Crippen LogP contribution in [0.2, 0.25) is 5.02 Å². The van der Waals surface area contributed by atoms with Crippen molar-refractivity contribution in [2.45, 2.75) is 26.2 Å². The van der Waals surface area contributed by atoms with Crippen molar-refractivity contribution in [1.29, 1.82) is 0 Å². The summed E-state index contributed by atoms with van der Waals surface area (Å²) in [6.07, 6.45) is 4.23. The van der Waals surface area contributed by atoms with Gasteiger partial charge in [-0.2, -0.15) is 4.52 Å². The number of hydrogen-bond donors (Lipinski definition) is 1. The number of benzene rings is 1. The molecule has 2 aromatic heterocycles. The molecule has 3 heterocycles. The fraction of sp³-hybridized carbons (Fsp3) is 0.400. The van der Waals surface area contributed by atoms with Gasteiger partial charge in [0.05, 0.1) is 0 Å². The standard InChI is InChI=1S/C20H22ClN5O2S/c1-13-5-4-10-25(12-13)20-24-26-18(28)15(11-23-19(26)29-20)17(27)22-9-8-14-6-2-3-7-16(14)21/h2-3,6-7,11,13H,4-5,8-10,12H2,1H3,(H,22,27)/t13-/m1/s1. The van der Waals surface area contributed by atoms with Crippen LogP contribution >= 0.6 is 22.9 Å². The minimum Gasteiger partial charge on any atom is -0.351 e. The van der Waals surface area contributed by atoms with Gasteiger partial charge in [0.2, 0.25) is 10.1 Å². The molecule has 1 aliphatic heterocycles. The van der Waals surface area contributed by atoms with Crippen LogP contribution in [0.4, 0.5) is 5.13 Å². The molecule has 3 aromatic rings. The third kappa shape index (κ3) is 4.28. The molecular weight excluding hydrogens is 410 g/mol. The van der Waals surface area contributed by atoms with Gasteiger partial charge >= 0.3 is 0 Å². The fourth-order valence-corrected chi connectivity index (χ4v) is 4.66. The molecule has 1 fully saturated rings. The van der Waals surface area contributed by atoms with E-state index in [4.69, 9.17) is 11.6 Å². The summed E-state index contributed by atoms with van der Waals surface area (Å²) in [5, 5.41) is 8.65. The number of nitrogens with zero attached hydrogens (tertiary/aromatic N) is 4. The van der Waals surface area contributed by atoms with E-state index < -0.39 is 11.5 Å². The van der Waals surface area contributed by atoms with Gasteiger partial charge in [-0.25, -0.2) is 4.98 Å². The summed E-state index contributed by atoms with van der Waals surface area (Å²) in [7, 11) is 0. The first-order valence-electron chi connectivity index (χ1n) is 9.68. The molecule has 1 aliphatic rings. The van der Waals surface area contributed by atoms with Gasteiger partial charge in [-0.15, -0.1) is 5.10 Å². The monoisotopic (exact) mass is 431 g/mol. The van der Waals surface area contributed by atoms with Gasteiger partial charge < -0.3 is 10.2 Å². The number of aromatic nitrogens is 3. The van der Waals surface area contributed by atoms with E-state index in [0.29, 0.717) is 28.9 Å². The number of nitrogens with one attached hydrogen (secondary N) is 1. The lowest BCUT2D eigenvalue weighted by Crippen LogP contribution is -2.35. The first-order valence-corrected chi connectivity index (χ1v) is 10.9. The topological polar surface area (TPSA) is 79.6 Å². The molecule has 0 radical (unpaired) electrons. The average Bonchev–Trinajstić information content (AvgIpc) is 3.15. The number of carbonyl (C=O) groups excluding carboxylic acids is 1. The Morgan fingerprint density at radius 1 is 1.38 bits per heavy atom. The van der Waals surface area contributed by atoms with Crippen LogP contribution in [0, 0.1) is 5.92 Å². The largest absolute Gasteiger partial charge is 0.351 e. The van der Waals surface area contributed by atoms with Gasteiger partial charge in [0.1, 0.15) is 5.56 Å². The first-order chi connectivity index (χ1) is 14.0. The molecule has 0 aliphatic carbocycles. The number of hydrogen-bond acceptors (Lipinski definition) is 6. The van der Waals surface area contributed by atoms with Crippen LogP contribution in [0.25, 0.3) is 4.96 Å². The summed E-state index contributed by atoms with van der Waals surface area (Å²) >= 11 is 7.51. The number of amides is 1. The third-order valence-corrected chi connectivity index (χ3v) is 6.44. The number of carbonyl (C=O) groups is 1. The van der Waals surface area contributed by atoms with Crippen LogP contribution in [0.15, 0.2) is 35.3 Å². The Kier molecular flexibility index (Phi) is 5.82. The minimum atomic E-state index is -0.454. The van der Waals surface area contributed by atoms with E-state index in [0.717, 1.165) is 30.2 Å². The summed E-state index contributed by atoms with van der Waals surface area (Å²) in [5.74, 6) is 0.144. The van der Waals surface area contributed by atoms with E-state index in [2.05, 4.69) is 27.2 Å². The van der Waals surface area contributed by atoms with Gasteiger partial charge in [-0.3, -0.25) is 9.59 Å². The van der Waals surface area contributed by atoms with Crippen molar-refractivity contribution >= 4 is 38.9 Å². The number of piperidine rings is 1. The van der Waals surface area contributed by atoms with Crippen LogP contribution in [0.5, 0.6) is 0 Å². The number of halogens is 1. The van der Waals surface area contributed by atoms with E-state index in [-0.39, 0.29) is 5.56 Å². The predicted octanol–water partition coefficient (Wildman–Crippen LogP) is 3.01. The van der Waals surface area contributed by atoms with Crippen molar-refractivity contribution in [1.82, 2.24) is 19.9 Å². The Bertz CT molecular complexity index is 1100. The second-order valence-corrected chi connectivity index (χ2v) is 8.69. The van der Waals surface area contributed by atoms with E-state index >= 15 is 0 Å². The highest BCUT2D eigenvalue weighted by atomic mass is 35.5. The molecule has 9 heteroatoms. The van der Waals surface area contributed by atoms with Gasteiger partial charge in [0, 0.05) is 30.9 Å². The molecule has 7 nitrogen and oxygen atoms in total. The van der Waals surface area contributed by atoms with Crippen LogP contribution in [-0.2, 0) is 6.42 Å². The maximum Gasteiger partial charge on any atom is 0.288 e. The van der Waals surface area contributed by atoms with Crippen molar-refractivity contribution in [2.24, 2.45) is 5.92 Å². The molecule has 29 heavy (non-hydrogen) atoms. The number of rotatable bonds is 5. The number of anilines is 1. The lowest BCUT2D eigenvalue weighted by atomic mass is 10.0. The third-order valence-electron chi connectivity index (χ3n) is 5.09. The predicted molar refractivity (Wildman–Crippen MR) is 115 cm³/mol. The van der Waals surface area contributed by atoms with Crippen LogP contribution in [0.1, 0.15) is 35.7 Å². The molecule has 152 valence electrons. The van der Waals surface area contributed by atoms with Crippen LogP contribution in [-0.4, -0.2) is 40.1 Å². The van der Waals surface area contributed by atoms with Crippen LogP contribution < -0.4 is 15.8 Å². The van der Waals surface area contributed by atoms with E-state index in [9.17, 15) is 9.59 Å². The smallest absolute Gasteiger partial charge is 0.288 e. The second-order valence-electron chi connectivity index (χ2n) is 7.35. The molecular formula is C20H22ClN5O2S. The molecule has 4 rings (SSSR count). The van der Waals surface area contributed by atoms with Gasteiger partial charge in [0.15, 0.2) is 0 Å². The lowest BCUT2D eigenvalue weighted by Gasteiger charge is -2.30. The molecule has 0 spiro atoms. The van der Waals surface area contributed by atoms with E-state index in [1.54, 1.807) is 0 Å². The van der Waals surface area contributed by atoms with Gasteiger partial charge in [-0.1, -0.05) is 48.1 Å². The first kappa shape index (κ1) is 19.8. The summed E-state index contributed by atoms with van der Waals surface area (Å²) in [6, 6.07) is 7.48. The van der Waals surface area contributed by atoms with Crippen molar-refractivity contribution in [3.05, 3.63) is 57.0 Å². The summed E-state index contributed by atoms with van der Waals surface area (Å²) in [4.78, 5) is 32.3. The normalized spacial score (nSPS) is 16.9. The molecule has 0 bridgehead atoms. The van der Waals surface area contributed by atoms with Crippen molar-refractivity contribution in [3.63, 3.8) is 0 Å².